The van der Waals surface area contributed by atoms with E-state index in [0.717, 1.165) is 75.2 Å². The molecule has 0 fully saturated rings. The molecule has 0 saturated heterocycles. The minimum absolute atomic E-state index is 0.728. The summed E-state index contributed by atoms with van der Waals surface area (Å²) in [7, 11) is 0. The van der Waals surface area contributed by atoms with Gasteiger partial charge >= 0.3 is 0 Å². The summed E-state index contributed by atoms with van der Waals surface area (Å²) in [5.41, 5.74) is 7.67. The van der Waals surface area contributed by atoms with E-state index in [9.17, 15) is 0 Å². The predicted molar refractivity (Wildman–Crippen MR) is 169 cm³/mol. The van der Waals surface area contributed by atoms with E-state index in [4.69, 9.17) is 9.05 Å². The lowest BCUT2D eigenvalue weighted by molar-refractivity contribution is 0.461. The van der Waals surface area contributed by atoms with E-state index in [1.807, 2.05) is 60.7 Å². The first-order valence-corrected chi connectivity index (χ1v) is 14.8. The number of rotatable bonds is 6. The molecule has 6 aromatic rings. The maximum Gasteiger partial charge on any atom is 0.221 e. The molecule has 0 bridgehead atoms. The average Bonchev–Trinajstić information content (AvgIpc) is 3.83. The third-order valence-electron chi connectivity index (χ3n) is 7.01. The zero-order valence-corrected chi connectivity index (χ0v) is 23.5. The SMILES string of the molecule is C(=C\c1sc2oncc2c1-c1ccccc1)/c1ccc2c(/C=C/c3sc4oncc4c3-c3ccccc3)nnc-2cn1. The molecular weight excluding hydrogens is 563 g/mol. The highest BCUT2D eigenvalue weighted by Crippen LogP contribution is 2.41. The number of nitrogens with zero attached hydrogens (tertiary/aromatic N) is 5. The van der Waals surface area contributed by atoms with Crippen molar-refractivity contribution >= 4 is 67.5 Å². The van der Waals surface area contributed by atoms with Gasteiger partial charge in [0.25, 0.3) is 0 Å². The van der Waals surface area contributed by atoms with Gasteiger partial charge in [-0.3, -0.25) is 4.98 Å². The molecule has 2 aliphatic heterocycles. The number of hydrogen-bond acceptors (Lipinski definition) is 9. The van der Waals surface area contributed by atoms with Crippen molar-refractivity contribution in [1.29, 1.82) is 0 Å². The number of fused-ring (bicyclic) bond motifs is 3. The fourth-order valence-corrected chi connectivity index (χ4v) is 7.06. The van der Waals surface area contributed by atoms with Gasteiger partial charge < -0.3 is 9.05 Å². The molecule has 2 aliphatic rings. The molecule has 0 unspecified atom stereocenters. The van der Waals surface area contributed by atoms with Crippen molar-refractivity contribution < 1.29 is 9.05 Å². The summed E-state index contributed by atoms with van der Waals surface area (Å²) in [5, 5.41) is 18.8. The van der Waals surface area contributed by atoms with Crippen LogP contribution in [0, 0.1) is 0 Å². The Morgan fingerprint density at radius 2 is 1.17 bits per heavy atom. The normalized spacial score (nSPS) is 12.1. The smallest absolute Gasteiger partial charge is 0.221 e. The Bertz CT molecular complexity index is 2210. The monoisotopic (exact) mass is 581 g/mol. The van der Waals surface area contributed by atoms with Crippen molar-refractivity contribution in [2.75, 3.05) is 0 Å². The van der Waals surface area contributed by atoms with Gasteiger partial charge in [0.15, 0.2) is 0 Å². The molecule has 9 heteroatoms. The van der Waals surface area contributed by atoms with Gasteiger partial charge in [-0.05, 0) is 47.6 Å². The molecule has 0 aliphatic carbocycles. The first kappa shape index (κ1) is 24.5. The van der Waals surface area contributed by atoms with Gasteiger partial charge in [-0.1, -0.05) is 93.7 Å². The van der Waals surface area contributed by atoms with Crippen LogP contribution in [0.5, 0.6) is 0 Å². The Kier molecular flexibility index (Phi) is 6.02. The van der Waals surface area contributed by atoms with Crippen LogP contribution >= 0.6 is 22.7 Å². The molecule has 7 nitrogen and oxygen atoms in total. The lowest BCUT2D eigenvalue weighted by atomic mass is 10.0. The van der Waals surface area contributed by atoms with Gasteiger partial charge in [-0.15, -0.1) is 10.2 Å². The quantitative estimate of drug-likeness (QED) is 0.193. The molecule has 0 N–H and O–H groups in total. The number of benzene rings is 2. The standard InChI is InChI=1S/C33H19N5O2S2/c1-3-7-20(8-4-1)30-24-17-35-39-32(24)41-28(30)15-12-22-11-13-23-26(37-38-27(23)19-34-22)14-16-29-31(21-9-5-2-6-10-21)25-18-36-40-33(25)42-29/h1-19H/b15-12+,16-14+. The highest BCUT2D eigenvalue weighted by atomic mass is 32.1. The Morgan fingerprint density at radius 3 is 1.79 bits per heavy atom. The topological polar surface area (TPSA) is 90.7 Å². The van der Waals surface area contributed by atoms with Crippen molar-refractivity contribution in [3.8, 4) is 33.5 Å². The number of hydrogen-bond donors (Lipinski definition) is 0. The number of thiophene rings is 2. The van der Waals surface area contributed by atoms with Crippen LogP contribution in [-0.4, -0.2) is 25.5 Å². The zero-order chi connectivity index (χ0) is 27.9. The fourth-order valence-electron chi connectivity index (χ4n) is 5.04. The molecule has 0 spiro atoms. The van der Waals surface area contributed by atoms with Crippen LogP contribution in [0.15, 0.2) is 100 Å². The predicted octanol–water partition coefficient (Wildman–Crippen LogP) is 9.06. The van der Waals surface area contributed by atoms with Gasteiger partial charge in [0, 0.05) is 26.4 Å². The highest BCUT2D eigenvalue weighted by molar-refractivity contribution is 7.20. The summed E-state index contributed by atoms with van der Waals surface area (Å²) in [5.74, 6) is 0. The highest BCUT2D eigenvalue weighted by Gasteiger charge is 2.17. The summed E-state index contributed by atoms with van der Waals surface area (Å²) < 4.78 is 11.0. The number of aromatic nitrogens is 5. The lowest BCUT2D eigenvalue weighted by Gasteiger charge is -2.00. The van der Waals surface area contributed by atoms with Gasteiger partial charge in [-0.2, -0.15) is 0 Å². The average molecular weight is 582 g/mol. The van der Waals surface area contributed by atoms with Gasteiger partial charge in [-0.25, -0.2) is 0 Å². The molecule has 2 aromatic carbocycles. The second-order valence-corrected chi connectivity index (χ2v) is 11.6. The van der Waals surface area contributed by atoms with Crippen molar-refractivity contribution in [3.05, 3.63) is 113 Å². The van der Waals surface area contributed by atoms with Crippen molar-refractivity contribution in [2.45, 2.75) is 0 Å². The summed E-state index contributed by atoms with van der Waals surface area (Å²) in [6.07, 6.45) is 13.5. The van der Waals surface area contributed by atoms with Crippen LogP contribution in [0.4, 0.5) is 0 Å². The van der Waals surface area contributed by atoms with E-state index in [1.54, 1.807) is 41.3 Å². The maximum atomic E-state index is 5.48. The van der Waals surface area contributed by atoms with Crippen LogP contribution in [0.2, 0.25) is 0 Å². The first-order chi connectivity index (χ1) is 20.8. The lowest BCUT2D eigenvalue weighted by Crippen LogP contribution is -1.78. The van der Waals surface area contributed by atoms with E-state index in [-0.39, 0.29) is 0 Å². The summed E-state index contributed by atoms with van der Waals surface area (Å²) >= 11 is 3.13. The van der Waals surface area contributed by atoms with Crippen molar-refractivity contribution in [3.63, 3.8) is 0 Å². The van der Waals surface area contributed by atoms with E-state index < -0.39 is 0 Å². The van der Waals surface area contributed by atoms with Gasteiger partial charge in [0.1, 0.15) is 5.69 Å². The third kappa shape index (κ3) is 4.32. The van der Waals surface area contributed by atoms with Crippen LogP contribution in [0.25, 0.3) is 78.4 Å². The minimum atomic E-state index is 0.728. The van der Waals surface area contributed by atoms with E-state index >= 15 is 0 Å². The summed E-state index contributed by atoms with van der Waals surface area (Å²) in [6.45, 7) is 0. The second kappa shape index (κ2) is 10.3. The van der Waals surface area contributed by atoms with Crippen molar-refractivity contribution in [2.24, 2.45) is 0 Å². The van der Waals surface area contributed by atoms with Gasteiger partial charge in [0.2, 0.25) is 9.79 Å². The Morgan fingerprint density at radius 1 is 0.571 bits per heavy atom. The third-order valence-corrected chi connectivity index (χ3v) is 9.09. The van der Waals surface area contributed by atoms with Gasteiger partial charge in [0.05, 0.1) is 40.8 Å². The molecule has 0 radical (unpaired) electrons. The van der Waals surface area contributed by atoms with E-state index in [0.29, 0.717) is 0 Å². The van der Waals surface area contributed by atoms with Crippen LogP contribution in [0.3, 0.4) is 0 Å². The Hall–Kier alpha value is -5.25. The minimum Gasteiger partial charge on any atom is -0.345 e. The van der Waals surface area contributed by atoms with Crippen LogP contribution in [0.1, 0.15) is 21.1 Å². The molecule has 4 aromatic heterocycles. The summed E-state index contributed by atoms with van der Waals surface area (Å²) in [6, 6.07) is 24.6. The fraction of sp³-hybridized carbons (Fsp3) is 0. The molecule has 0 atom stereocenters. The molecule has 0 amide bonds. The molecular formula is C33H19N5O2S2. The Labute approximate surface area is 247 Å². The molecule has 8 rings (SSSR count). The second-order valence-electron chi connectivity index (χ2n) is 9.54. The van der Waals surface area contributed by atoms with E-state index in [1.165, 1.54) is 0 Å². The van der Waals surface area contributed by atoms with Crippen molar-refractivity contribution in [1.82, 2.24) is 25.5 Å². The molecule has 6 heterocycles. The first-order valence-electron chi connectivity index (χ1n) is 13.2. The molecule has 0 saturated carbocycles. The molecule has 42 heavy (non-hydrogen) atoms. The Balaban J connectivity index is 1.12. The largest absolute Gasteiger partial charge is 0.345 e. The molecule has 200 valence electrons. The maximum absolute atomic E-state index is 5.48. The van der Waals surface area contributed by atoms with Crippen LogP contribution in [-0.2, 0) is 0 Å². The van der Waals surface area contributed by atoms with Crippen LogP contribution < -0.4 is 0 Å². The summed E-state index contributed by atoms with van der Waals surface area (Å²) in [4.78, 5) is 8.42. The zero-order valence-electron chi connectivity index (χ0n) is 21.8. The van der Waals surface area contributed by atoms with E-state index in [2.05, 4.69) is 61.9 Å².